The lowest BCUT2D eigenvalue weighted by Gasteiger charge is -2.11. The van der Waals surface area contributed by atoms with Crippen LogP contribution in [-0.2, 0) is 6.18 Å². The highest BCUT2D eigenvalue weighted by Crippen LogP contribution is 2.39. The van der Waals surface area contributed by atoms with Gasteiger partial charge in [-0.3, -0.25) is 0 Å². The molecule has 11 heteroatoms. The van der Waals surface area contributed by atoms with Gasteiger partial charge in [0.2, 0.25) is 0 Å². The zero-order valence-electron chi connectivity index (χ0n) is 8.96. The number of halogens is 6. The molecular weight excluding hydrogens is 286 g/mol. The fourth-order valence-corrected chi connectivity index (χ4v) is 1.28. The van der Waals surface area contributed by atoms with E-state index in [1.165, 1.54) is 0 Å². The van der Waals surface area contributed by atoms with Gasteiger partial charge < -0.3 is 14.9 Å². The molecule has 0 atom stereocenters. The van der Waals surface area contributed by atoms with Gasteiger partial charge in [0.1, 0.15) is 0 Å². The van der Waals surface area contributed by atoms with Crippen LogP contribution in [0.15, 0.2) is 6.07 Å². The van der Waals surface area contributed by atoms with Crippen LogP contribution in [0.4, 0.5) is 32.2 Å². The molecule has 0 aliphatic heterocycles. The highest BCUT2D eigenvalue weighted by atomic mass is 19.4. The Bertz CT molecular complexity index is 510. The molecule has 0 N–H and O–H groups in total. The molecule has 5 nitrogen and oxygen atoms in total. The summed E-state index contributed by atoms with van der Waals surface area (Å²) >= 11 is 0. The summed E-state index contributed by atoms with van der Waals surface area (Å²) in [7, 11) is 0. The molecule has 0 saturated carbocycles. The number of nitro groups is 1. The minimum Gasteiger partial charge on any atom is -0.366 e. The normalized spacial score (nSPS) is 12.4. The van der Waals surface area contributed by atoms with Gasteiger partial charge in [0.25, 0.3) is 0 Å². The fraction of sp³-hybridized carbons (Fsp3) is 0.375. The predicted molar refractivity (Wildman–Crippen MR) is 47.3 cm³/mol. The third-order valence-corrected chi connectivity index (χ3v) is 1.85. The lowest BCUT2D eigenvalue weighted by Crippen LogP contribution is -2.20. The Hall–Kier alpha value is -2.07. The predicted octanol–water partition coefficient (Wildman–Crippen LogP) is 3.22. The average molecular weight is 290 g/mol. The van der Waals surface area contributed by atoms with Crippen LogP contribution >= 0.6 is 0 Å². The Labute approximate surface area is 101 Å². The Morgan fingerprint density at radius 2 is 1.79 bits per heavy atom. The molecule has 0 unspecified atom stereocenters. The second-order valence-electron chi connectivity index (χ2n) is 3.28. The van der Waals surface area contributed by atoms with E-state index in [4.69, 9.17) is 0 Å². The third-order valence-electron chi connectivity index (χ3n) is 1.85. The molecule has 0 amide bonds. The zero-order chi connectivity index (χ0) is 15.0. The van der Waals surface area contributed by atoms with Crippen LogP contribution in [0.1, 0.15) is 11.1 Å². The van der Waals surface area contributed by atoms with Crippen molar-refractivity contribution in [1.82, 2.24) is 4.98 Å². The second kappa shape index (κ2) is 4.55. The SMILES string of the molecule is Cc1cc(OC(F)(F)F)nc([N+](=O)[O-])c1C(F)(F)F. The number of aromatic nitrogens is 1. The van der Waals surface area contributed by atoms with Crippen LogP contribution in [0.5, 0.6) is 5.88 Å². The second-order valence-corrected chi connectivity index (χ2v) is 3.28. The average Bonchev–Trinajstić information content (AvgIpc) is 2.10. The van der Waals surface area contributed by atoms with Gasteiger partial charge in [0.05, 0.1) is 0 Å². The Balaban J connectivity index is 3.43. The van der Waals surface area contributed by atoms with Crippen molar-refractivity contribution >= 4 is 5.82 Å². The first kappa shape index (κ1) is 15.0. The van der Waals surface area contributed by atoms with Crippen molar-refractivity contribution in [3.63, 3.8) is 0 Å². The third kappa shape index (κ3) is 3.69. The van der Waals surface area contributed by atoms with Gasteiger partial charge in [-0.1, -0.05) is 0 Å². The van der Waals surface area contributed by atoms with E-state index in [0.29, 0.717) is 6.07 Å². The summed E-state index contributed by atoms with van der Waals surface area (Å²) < 4.78 is 76.5. The number of rotatable bonds is 2. The van der Waals surface area contributed by atoms with Crippen molar-refractivity contribution in [2.45, 2.75) is 19.5 Å². The first-order valence-electron chi connectivity index (χ1n) is 4.41. The number of alkyl halides is 6. The van der Waals surface area contributed by atoms with E-state index in [9.17, 15) is 36.5 Å². The molecule has 0 spiro atoms. The fourth-order valence-electron chi connectivity index (χ4n) is 1.28. The molecule has 0 aliphatic carbocycles. The highest BCUT2D eigenvalue weighted by Gasteiger charge is 2.43. The van der Waals surface area contributed by atoms with Gasteiger partial charge in [-0.05, 0) is 17.4 Å². The molecule has 0 saturated heterocycles. The standard InChI is InChI=1S/C8H4F6N2O3/c1-3-2-4(19-8(12,13)14)15-6(16(17)18)5(3)7(9,10)11/h2H,1H3. The molecule has 1 aromatic heterocycles. The van der Waals surface area contributed by atoms with Crippen molar-refractivity contribution in [3.8, 4) is 5.88 Å². The Kier molecular flexibility index (Phi) is 3.59. The van der Waals surface area contributed by atoms with Crippen LogP contribution in [0.3, 0.4) is 0 Å². The molecule has 19 heavy (non-hydrogen) atoms. The van der Waals surface area contributed by atoms with E-state index in [-0.39, 0.29) is 0 Å². The quantitative estimate of drug-likeness (QED) is 0.476. The van der Waals surface area contributed by atoms with Crippen molar-refractivity contribution in [2.75, 3.05) is 0 Å². The number of hydrogen-bond acceptors (Lipinski definition) is 4. The van der Waals surface area contributed by atoms with Gasteiger partial charge >= 0.3 is 24.2 Å². The van der Waals surface area contributed by atoms with Gasteiger partial charge in [-0.2, -0.15) is 13.2 Å². The van der Waals surface area contributed by atoms with E-state index in [1.807, 2.05) is 0 Å². The number of ether oxygens (including phenoxy) is 1. The van der Waals surface area contributed by atoms with Crippen molar-refractivity contribution < 1.29 is 36.0 Å². The maximum Gasteiger partial charge on any atom is 0.575 e. The van der Waals surface area contributed by atoms with E-state index >= 15 is 0 Å². The van der Waals surface area contributed by atoms with Gasteiger partial charge in [-0.15, -0.1) is 13.2 Å². The lowest BCUT2D eigenvalue weighted by molar-refractivity contribution is -0.393. The summed E-state index contributed by atoms with van der Waals surface area (Å²) in [6, 6.07) is 0.323. The number of hydrogen-bond donors (Lipinski definition) is 0. The maximum atomic E-state index is 12.5. The monoisotopic (exact) mass is 290 g/mol. The molecule has 0 aromatic carbocycles. The van der Waals surface area contributed by atoms with E-state index in [1.54, 1.807) is 0 Å². The molecule has 106 valence electrons. The summed E-state index contributed by atoms with van der Waals surface area (Å²) in [6.07, 6.45) is -10.3. The van der Waals surface area contributed by atoms with Crippen LogP contribution < -0.4 is 4.74 Å². The van der Waals surface area contributed by atoms with Crippen LogP contribution in [0.25, 0.3) is 0 Å². The van der Waals surface area contributed by atoms with Crippen LogP contribution in [0.2, 0.25) is 0 Å². The summed E-state index contributed by atoms with van der Waals surface area (Å²) in [4.78, 5) is 11.5. The molecule has 0 bridgehead atoms. The summed E-state index contributed by atoms with van der Waals surface area (Å²) in [5, 5.41) is 10.4. The summed E-state index contributed by atoms with van der Waals surface area (Å²) in [6.45, 7) is 0.765. The van der Waals surface area contributed by atoms with Gasteiger partial charge in [0, 0.05) is 11.1 Å². The number of pyridine rings is 1. The molecule has 0 radical (unpaired) electrons. The topological polar surface area (TPSA) is 65.3 Å². The summed E-state index contributed by atoms with van der Waals surface area (Å²) in [5.74, 6) is -3.07. The van der Waals surface area contributed by atoms with Crippen molar-refractivity contribution in [1.29, 1.82) is 0 Å². The van der Waals surface area contributed by atoms with Crippen molar-refractivity contribution in [3.05, 3.63) is 27.3 Å². The lowest BCUT2D eigenvalue weighted by atomic mass is 10.1. The van der Waals surface area contributed by atoms with E-state index in [0.717, 1.165) is 6.92 Å². The largest absolute Gasteiger partial charge is 0.575 e. The van der Waals surface area contributed by atoms with E-state index < -0.39 is 40.3 Å². The zero-order valence-corrected chi connectivity index (χ0v) is 8.96. The van der Waals surface area contributed by atoms with Crippen LogP contribution in [0, 0.1) is 17.0 Å². The molecule has 0 aliphatic rings. The molecule has 1 aromatic rings. The smallest absolute Gasteiger partial charge is 0.366 e. The maximum absolute atomic E-state index is 12.5. The highest BCUT2D eigenvalue weighted by molar-refractivity contribution is 5.44. The van der Waals surface area contributed by atoms with Crippen LogP contribution in [-0.4, -0.2) is 16.3 Å². The minimum absolute atomic E-state index is 0.323. The Morgan fingerprint density at radius 1 is 1.26 bits per heavy atom. The summed E-state index contributed by atoms with van der Waals surface area (Å²) in [5.41, 5.74) is -2.51. The van der Waals surface area contributed by atoms with Gasteiger partial charge in [0.15, 0.2) is 5.56 Å². The number of nitrogens with zero attached hydrogens (tertiary/aromatic N) is 2. The molecule has 1 rings (SSSR count). The van der Waals surface area contributed by atoms with Gasteiger partial charge in [-0.25, -0.2) is 0 Å². The first-order valence-corrected chi connectivity index (χ1v) is 4.41. The molecule has 1 heterocycles. The Morgan fingerprint density at radius 3 is 2.16 bits per heavy atom. The van der Waals surface area contributed by atoms with Crippen molar-refractivity contribution in [2.24, 2.45) is 0 Å². The van der Waals surface area contributed by atoms with E-state index in [2.05, 4.69) is 9.72 Å². The molecular formula is C8H4F6N2O3. The number of aryl methyl sites for hydroxylation is 1. The minimum atomic E-state index is -5.22. The first-order chi connectivity index (χ1) is 8.42. The molecule has 0 fully saturated rings.